The van der Waals surface area contributed by atoms with Gasteiger partial charge < -0.3 is 0 Å². The largest absolute Gasteiger partial charge is 0.299 e. The summed E-state index contributed by atoms with van der Waals surface area (Å²) in [5, 5.41) is 0. The van der Waals surface area contributed by atoms with Crippen molar-refractivity contribution in [3.8, 4) is 0 Å². The monoisotopic (exact) mass is 1430 g/mol. The van der Waals surface area contributed by atoms with Crippen LogP contribution in [0.1, 0.15) is 90.3 Å². The second kappa shape index (κ2) is 34.2. The zero-order chi connectivity index (χ0) is 69.3. The molecule has 0 radical (unpaired) electrons. The summed E-state index contributed by atoms with van der Waals surface area (Å²) in [7, 11) is -25.3. The fourth-order valence-corrected chi connectivity index (χ4v) is 20.7. The Morgan fingerprint density at radius 2 is 0.385 bits per heavy atom. The van der Waals surface area contributed by atoms with Gasteiger partial charge in [0.25, 0.3) is 0 Å². The normalized spacial score (nSPS) is 17.9. The van der Waals surface area contributed by atoms with Gasteiger partial charge in [0, 0.05) is 85.1 Å². The average Bonchev–Trinajstić information content (AvgIpc) is 0.911. The molecule has 96 heavy (non-hydrogen) atoms. The molecule has 0 unspecified atom stereocenters. The first-order valence-electron chi connectivity index (χ1n) is 32.8. The summed E-state index contributed by atoms with van der Waals surface area (Å²) in [6, 6.07) is 48.4. The van der Waals surface area contributed by atoms with Gasteiger partial charge in [-0.3, -0.25) is 4.90 Å². The summed E-state index contributed by atoms with van der Waals surface area (Å²) in [6.45, 7) is 11.3. The van der Waals surface area contributed by atoms with Crippen LogP contribution in [0.5, 0.6) is 0 Å². The Bertz CT molecular complexity index is 4080. The molecule has 25 heteroatoms. The molecule has 8 rings (SSSR count). The van der Waals surface area contributed by atoms with Crippen molar-refractivity contribution >= 4 is 60.1 Å². The van der Waals surface area contributed by atoms with E-state index in [1.165, 1.54) is 74.4 Å². The average molecular weight is 1430 g/mol. The summed E-state index contributed by atoms with van der Waals surface area (Å²) in [4.78, 5) is 2.36. The Hall–Kier alpha value is -6.04. The van der Waals surface area contributed by atoms with Crippen molar-refractivity contribution in [3.63, 3.8) is 0 Å². The molecule has 1 saturated heterocycles. The van der Waals surface area contributed by atoms with Gasteiger partial charge in [0.1, 0.15) is 0 Å². The van der Waals surface area contributed by atoms with Crippen molar-refractivity contribution in [3.05, 3.63) is 215 Å². The first-order valence-corrected chi connectivity index (χ1v) is 41.4. The Morgan fingerprint density at radius 1 is 0.219 bits per heavy atom. The number of benzene rings is 7. The minimum Gasteiger partial charge on any atom is -0.299 e. The number of hydrogen-bond acceptors (Lipinski definition) is 13. The van der Waals surface area contributed by atoms with Crippen molar-refractivity contribution in [2.75, 3.05) is 91.6 Å². The second-order valence-electron chi connectivity index (χ2n) is 24.9. The maximum absolute atomic E-state index is 14.8. The first-order chi connectivity index (χ1) is 45.6. The van der Waals surface area contributed by atoms with E-state index in [2.05, 4.69) is 4.90 Å². The van der Waals surface area contributed by atoms with Gasteiger partial charge >= 0.3 is 0 Å². The Kier molecular flexibility index (Phi) is 26.9. The molecule has 19 nitrogen and oxygen atoms in total. The molecule has 0 amide bonds. The van der Waals surface area contributed by atoms with E-state index in [1.54, 1.807) is 97.1 Å². The zero-order valence-corrected chi connectivity index (χ0v) is 60.9. The van der Waals surface area contributed by atoms with Gasteiger partial charge in [-0.15, -0.1) is 0 Å². The summed E-state index contributed by atoms with van der Waals surface area (Å²) in [6.07, 6.45) is 1.20. The maximum Gasteiger partial charge on any atom is 0.243 e. The Labute approximate surface area is 572 Å². The van der Waals surface area contributed by atoms with Crippen molar-refractivity contribution in [1.82, 2.24) is 30.7 Å². The minimum absolute atomic E-state index is 0.0168. The van der Waals surface area contributed by atoms with Crippen LogP contribution in [0.25, 0.3) is 0 Å². The van der Waals surface area contributed by atoms with Gasteiger partial charge in [0.05, 0.1) is 29.4 Å². The van der Waals surface area contributed by atoms with Gasteiger partial charge in [0.2, 0.25) is 60.1 Å². The topological polar surface area (TPSA) is 228 Å². The lowest BCUT2D eigenvalue weighted by molar-refractivity contribution is 0.238. The lowest BCUT2D eigenvalue weighted by Gasteiger charge is -2.29. The molecule has 0 spiro atoms. The molecule has 1 heterocycles. The molecule has 0 aromatic heterocycles. The number of sulfonamides is 6. The molecule has 0 bridgehead atoms. The highest BCUT2D eigenvalue weighted by atomic mass is 32.2. The number of aryl methyl sites for hydroxylation is 6. The van der Waals surface area contributed by atoms with Crippen LogP contribution in [0.3, 0.4) is 0 Å². The van der Waals surface area contributed by atoms with Gasteiger partial charge in [-0.05, 0) is 184 Å². The third-order valence-electron chi connectivity index (χ3n) is 17.3. The summed E-state index contributed by atoms with van der Waals surface area (Å²) in [5.74, 6) is 0. The molecular formula is C71H93N7O12S6. The minimum atomic E-state index is -4.25. The molecule has 0 N–H and O–H groups in total. The summed E-state index contributed by atoms with van der Waals surface area (Å²) >= 11 is 0. The Morgan fingerprint density at radius 3 is 0.573 bits per heavy atom. The van der Waals surface area contributed by atoms with E-state index < -0.39 is 60.1 Å². The number of nitrogens with zero attached hydrogens (tertiary/aromatic N) is 7. The smallest absolute Gasteiger partial charge is 0.243 e. The first kappa shape index (κ1) is 75.7. The third kappa shape index (κ3) is 20.3. The fourth-order valence-electron chi connectivity index (χ4n) is 11.6. The molecule has 7 aromatic carbocycles. The van der Waals surface area contributed by atoms with Crippen LogP contribution in [0.15, 0.2) is 205 Å². The number of rotatable bonds is 14. The van der Waals surface area contributed by atoms with E-state index in [4.69, 9.17) is 0 Å². The van der Waals surface area contributed by atoms with Crippen LogP contribution in [0.4, 0.5) is 0 Å². The predicted octanol–water partition coefficient (Wildman–Crippen LogP) is 10.6. The highest BCUT2D eigenvalue weighted by Gasteiger charge is 2.33. The highest BCUT2D eigenvalue weighted by molar-refractivity contribution is 7.90. The van der Waals surface area contributed by atoms with Gasteiger partial charge in [-0.25, -0.2) is 50.5 Å². The second-order valence-corrected chi connectivity index (χ2v) is 36.5. The van der Waals surface area contributed by atoms with Crippen LogP contribution in [0.2, 0.25) is 0 Å². The lowest BCUT2D eigenvalue weighted by Crippen LogP contribution is -2.40. The van der Waals surface area contributed by atoms with Gasteiger partial charge in [-0.1, -0.05) is 137 Å². The molecule has 1 fully saturated rings. The third-order valence-corrected chi connectivity index (χ3v) is 28.8. The lowest BCUT2D eigenvalue weighted by atomic mass is 10.2. The molecular weight excluding hydrogens is 1340 g/mol. The molecule has 0 saturated carbocycles. The van der Waals surface area contributed by atoms with Crippen LogP contribution >= 0.6 is 0 Å². The zero-order valence-electron chi connectivity index (χ0n) is 56.0. The molecule has 0 aliphatic carbocycles. The van der Waals surface area contributed by atoms with Crippen molar-refractivity contribution in [2.24, 2.45) is 0 Å². The van der Waals surface area contributed by atoms with E-state index in [-0.39, 0.29) is 146 Å². The number of hydrogen-bond donors (Lipinski definition) is 0. The standard InChI is InChI=1S/C71H93N7O12S6/c1-59-20-32-66(33-21-59)91(79,80)73-46-10-11-47-74(92(81,82)67-34-22-60(2)23-35-67)51-15-55-78(96(89,90)71-42-30-64(6)31-43-71)57-17-53-76(94(85,86)69-38-26-62(4)27-39-69)49-13-45-72(58-65-18-8-7-9-19-65)44-12-48-75(93(83,84)68-36-24-61(3)25-37-68)52-16-56-77(54-14-50-73)95(87,88)70-40-28-63(5)29-41-70/h7-9,18-43H,10-17,44-58H2,1-6H3. The van der Waals surface area contributed by atoms with Crippen LogP contribution in [0, 0.1) is 41.5 Å². The van der Waals surface area contributed by atoms with Crippen molar-refractivity contribution in [2.45, 2.75) is 129 Å². The summed E-state index contributed by atoms with van der Waals surface area (Å²) in [5.41, 5.74) is 6.03. The molecule has 1 aliphatic heterocycles. The van der Waals surface area contributed by atoms with E-state index in [0.717, 1.165) is 38.9 Å². The van der Waals surface area contributed by atoms with Crippen LogP contribution in [-0.4, -0.2) is 173 Å². The van der Waals surface area contributed by atoms with E-state index in [9.17, 15) is 50.5 Å². The van der Waals surface area contributed by atoms with E-state index in [1.807, 2.05) is 71.9 Å². The van der Waals surface area contributed by atoms with Crippen molar-refractivity contribution in [1.29, 1.82) is 0 Å². The summed E-state index contributed by atoms with van der Waals surface area (Å²) < 4.78 is 186. The van der Waals surface area contributed by atoms with Crippen molar-refractivity contribution < 1.29 is 50.5 Å². The molecule has 520 valence electrons. The predicted molar refractivity (Wildman–Crippen MR) is 378 cm³/mol. The molecule has 0 atom stereocenters. The van der Waals surface area contributed by atoms with Crippen LogP contribution in [-0.2, 0) is 66.7 Å². The molecule has 7 aromatic rings. The fraction of sp³-hybridized carbons (Fsp3) is 0.408. The molecule has 1 aliphatic rings. The van der Waals surface area contributed by atoms with Gasteiger partial charge in [0.15, 0.2) is 0 Å². The SMILES string of the molecule is Cc1ccc(S(=O)(=O)N2CCCCN(S(=O)(=O)c3ccc(C)cc3)CCCN(S(=O)(=O)c3ccc(C)cc3)CCCN(S(=O)(=O)c3ccc(C)cc3)CCCN(Cc3ccccc3)CCCN(S(=O)(=O)c3ccc(C)cc3)CCCN(S(=O)(=O)c3ccc(C)cc3)CCC2)cc1. The van der Waals surface area contributed by atoms with Crippen LogP contribution < -0.4 is 0 Å². The quantitative estimate of drug-likeness (QED) is 0.0988. The highest BCUT2D eigenvalue weighted by Crippen LogP contribution is 2.27. The van der Waals surface area contributed by atoms with E-state index in [0.29, 0.717) is 32.5 Å². The van der Waals surface area contributed by atoms with Gasteiger partial charge in [-0.2, -0.15) is 25.8 Å². The Balaban J connectivity index is 1.18. The van der Waals surface area contributed by atoms with E-state index >= 15 is 0 Å². The maximum atomic E-state index is 14.8.